The Hall–Kier alpha value is -2.11. The Bertz CT molecular complexity index is 715. The molecule has 0 atom stereocenters. The van der Waals surface area contributed by atoms with Gasteiger partial charge in [-0.25, -0.2) is 4.79 Å². The van der Waals surface area contributed by atoms with Gasteiger partial charge in [0, 0.05) is 45.0 Å². The second-order valence-electron chi connectivity index (χ2n) is 10.4. The third kappa shape index (κ3) is 7.22. The highest BCUT2D eigenvalue weighted by Crippen LogP contribution is 2.32. The number of nitrogens with zero attached hydrogens (tertiary/aromatic N) is 3. The van der Waals surface area contributed by atoms with Gasteiger partial charge >= 0.3 is 6.09 Å². The number of carbonyl (C=O) groups excluding carboxylic acids is 2. The van der Waals surface area contributed by atoms with Crippen LogP contribution in [0, 0.1) is 17.8 Å². The maximum absolute atomic E-state index is 13.0. The van der Waals surface area contributed by atoms with E-state index in [0.29, 0.717) is 24.3 Å². The fourth-order valence-corrected chi connectivity index (χ4v) is 4.86. The minimum Gasteiger partial charge on any atom is -0.444 e. The molecule has 2 aliphatic rings. The van der Waals surface area contributed by atoms with Crippen LogP contribution in [0.4, 0.5) is 4.79 Å². The first-order chi connectivity index (χ1) is 14.7. The van der Waals surface area contributed by atoms with E-state index in [1.165, 1.54) is 5.56 Å². The fourth-order valence-electron chi connectivity index (χ4n) is 4.86. The van der Waals surface area contributed by atoms with E-state index in [1.807, 2.05) is 33.2 Å². The fraction of sp³-hybridized carbons (Fsp3) is 0.720. The number of aromatic nitrogens is 1. The Labute approximate surface area is 187 Å². The van der Waals surface area contributed by atoms with Gasteiger partial charge in [0.25, 0.3) is 0 Å². The molecule has 0 radical (unpaired) electrons. The van der Waals surface area contributed by atoms with Crippen molar-refractivity contribution in [3.8, 4) is 0 Å². The topological polar surface area (TPSA) is 62.7 Å². The molecule has 0 aromatic carbocycles. The van der Waals surface area contributed by atoms with Crippen molar-refractivity contribution in [3.63, 3.8) is 0 Å². The molecule has 2 heterocycles. The summed E-state index contributed by atoms with van der Waals surface area (Å²) in [5.41, 5.74) is 0.871. The lowest BCUT2D eigenvalue weighted by atomic mass is 9.80. The van der Waals surface area contributed by atoms with Crippen molar-refractivity contribution in [2.45, 2.75) is 71.3 Å². The lowest BCUT2D eigenvalue weighted by Crippen LogP contribution is -2.43. The Morgan fingerprint density at radius 1 is 1.03 bits per heavy atom. The summed E-state index contributed by atoms with van der Waals surface area (Å²) in [5.74, 6) is 1.61. The number of hydrogen-bond acceptors (Lipinski definition) is 4. The number of carbonyl (C=O) groups is 2. The molecule has 0 N–H and O–H groups in total. The smallest absolute Gasteiger partial charge is 0.410 e. The zero-order valence-corrected chi connectivity index (χ0v) is 19.7. The summed E-state index contributed by atoms with van der Waals surface area (Å²) in [6.07, 6.45) is 10.6. The second-order valence-corrected chi connectivity index (χ2v) is 10.4. The second kappa shape index (κ2) is 10.5. The number of ether oxygens (including phenoxy) is 1. The molecular weight excluding hydrogens is 390 g/mol. The van der Waals surface area contributed by atoms with E-state index in [0.717, 1.165) is 58.0 Å². The summed E-state index contributed by atoms with van der Waals surface area (Å²) in [5, 5.41) is 0. The SMILES string of the molecule is CN(CC1CCC(C(=O)N2CCC(Cc3ccncc3)CC2)CC1)C(=O)OC(C)(C)C. The average molecular weight is 430 g/mol. The van der Waals surface area contributed by atoms with Crippen molar-refractivity contribution >= 4 is 12.0 Å². The monoisotopic (exact) mass is 429 g/mol. The Balaban J connectivity index is 1.38. The van der Waals surface area contributed by atoms with E-state index in [1.54, 1.807) is 11.9 Å². The standard InChI is InChI=1S/C25H39N3O3/c1-25(2,3)31-24(30)27(4)18-21-5-7-22(8-6-21)23(29)28-15-11-20(12-16-28)17-19-9-13-26-14-10-19/h9-10,13-14,20-22H,5-8,11-12,15-18H2,1-4H3. The summed E-state index contributed by atoms with van der Waals surface area (Å²) in [6, 6.07) is 4.19. The summed E-state index contributed by atoms with van der Waals surface area (Å²) >= 11 is 0. The molecule has 0 spiro atoms. The van der Waals surface area contributed by atoms with Gasteiger partial charge in [-0.3, -0.25) is 9.78 Å². The van der Waals surface area contributed by atoms with Crippen LogP contribution in [-0.2, 0) is 16.0 Å². The molecule has 3 rings (SSSR count). The number of amides is 2. The minimum absolute atomic E-state index is 0.153. The van der Waals surface area contributed by atoms with Gasteiger partial charge in [-0.2, -0.15) is 0 Å². The van der Waals surface area contributed by atoms with Crippen LogP contribution in [-0.4, -0.2) is 59.1 Å². The first-order valence-electron chi connectivity index (χ1n) is 11.8. The van der Waals surface area contributed by atoms with Crippen LogP contribution in [0.5, 0.6) is 0 Å². The molecule has 1 aliphatic heterocycles. The molecule has 0 bridgehead atoms. The van der Waals surface area contributed by atoms with Crippen LogP contribution < -0.4 is 0 Å². The molecule has 1 aromatic rings. The van der Waals surface area contributed by atoms with Gasteiger partial charge < -0.3 is 14.5 Å². The van der Waals surface area contributed by atoms with Crippen LogP contribution >= 0.6 is 0 Å². The average Bonchev–Trinajstić information content (AvgIpc) is 2.74. The number of likely N-dealkylation sites (tertiary alicyclic amines) is 1. The Morgan fingerprint density at radius 3 is 2.23 bits per heavy atom. The van der Waals surface area contributed by atoms with Crippen LogP contribution in [0.2, 0.25) is 0 Å². The van der Waals surface area contributed by atoms with E-state index in [9.17, 15) is 9.59 Å². The van der Waals surface area contributed by atoms with Gasteiger partial charge in [0.15, 0.2) is 0 Å². The van der Waals surface area contributed by atoms with E-state index in [2.05, 4.69) is 22.0 Å². The zero-order chi connectivity index (χ0) is 22.4. The highest BCUT2D eigenvalue weighted by atomic mass is 16.6. The highest BCUT2D eigenvalue weighted by Gasteiger charge is 2.32. The molecule has 31 heavy (non-hydrogen) atoms. The van der Waals surface area contributed by atoms with Crippen molar-refractivity contribution in [2.75, 3.05) is 26.7 Å². The first kappa shape index (κ1) is 23.6. The van der Waals surface area contributed by atoms with Crippen LogP contribution in [0.25, 0.3) is 0 Å². The highest BCUT2D eigenvalue weighted by molar-refractivity contribution is 5.79. The predicted octanol–water partition coefficient (Wildman–Crippen LogP) is 4.54. The molecule has 1 saturated carbocycles. The van der Waals surface area contributed by atoms with E-state index < -0.39 is 5.60 Å². The van der Waals surface area contributed by atoms with Gasteiger partial charge in [0.1, 0.15) is 5.60 Å². The maximum Gasteiger partial charge on any atom is 0.410 e. The van der Waals surface area contributed by atoms with Gasteiger partial charge in [-0.1, -0.05) is 0 Å². The van der Waals surface area contributed by atoms with Crippen LogP contribution in [0.3, 0.4) is 0 Å². The van der Waals surface area contributed by atoms with Crippen molar-refractivity contribution in [1.29, 1.82) is 0 Å². The molecule has 0 unspecified atom stereocenters. The van der Waals surface area contributed by atoms with E-state index in [-0.39, 0.29) is 12.0 Å². The van der Waals surface area contributed by atoms with E-state index >= 15 is 0 Å². The van der Waals surface area contributed by atoms with Crippen LogP contribution in [0.1, 0.15) is 64.9 Å². The van der Waals surface area contributed by atoms with Crippen molar-refractivity contribution in [3.05, 3.63) is 30.1 Å². The maximum atomic E-state index is 13.0. The number of rotatable bonds is 5. The molecule has 1 aliphatic carbocycles. The molecule has 172 valence electrons. The van der Waals surface area contributed by atoms with Crippen molar-refractivity contribution < 1.29 is 14.3 Å². The molecule has 2 fully saturated rings. The Morgan fingerprint density at radius 2 is 1.65 bits per heavy atom. The molecule has 1 saturated heterocycles. The van der Waals surface area contributed by atoms with Crippen molar-refractivity contribution in [2.24, 2.45) is 17.8 Å². The third-order valence-electron chi connectivity index (χ3n) is 6.63. The first-order valence-corrected chi connectivity index (χ1v) is 11.8. The third-order valence-corrected chi connectivity index (χ3v) is 6.63. The predicted molar refractivity (Wildman–Crippen MR) is 122 cm³/mol. The molecule has 2 amide bonds. The Kier molecular flexibility index (Phi) is 7.95. The normalized spacial score (nSPS) is 22.8. The molecule has 1 aromatic heterocycles. The summed E-state index contributed by atoms with van der Waals surface area (Å²) < 4.78 is 5.45. The lowest BCUT2D eigenvalue weighted by Gasteiger charge is -2.37. The minimum atomic E-state index is -0.471. The quantitative estimate of drug-likeness (QED) is 0.690. The largest absolute Gasteiger partial charge is 0.444 e. The molecule has 6 heteroatoms. The summed E-state index contributed by atoms with van der Waals surface area (Å²) in [4.78, 5) is 33.1. The molecule has 6 nitrogen and oxygen atoms in total. The van der Waals surface area contributed by atoms with Gasteiger partial charge in [0.2, 0.25) is 5.91 Å². The van der Waals surface area contributed by atoms with Gasteiger partial charge in [-0.15, -0.1) is 0 Å². The van der Waals surface area contributed by atoms with Gasteiger partial charge in [-0.05, 0) is 95.2 Å². The number of pyridine rings is 1. The van der Waals surface area contributed by atoms with Gasteiger partial charge in [0.05, 0.1) is 0 Å². The van der Waals surface area contributed by atoms with Crippen molar-refractivity contribution in [1.82, 2.24) is 14.8 Å². The van der Waals surface area contributed by atoms with E-state index in [4.69, 9.17) is 4.74 Å². The molecular formula is C25H39N3O3. The summed E-state index contributed by atoms with van der Waals surface area (Å²) in [7, 11) is 1.81. The number of hydrogen-bond donors (Lipinski definition) is 0. The van der Waals surface area contributed by atoms with Crippen LogP contribution in [0.15, 0.2) is 24.5 Å². The lowest BCUT2D eigenvalue weighted by molar-refractivity contribution is -0.138. The number of piperidine rings is 1. The zero-order valence-electron chi connectivity index (χ0n) is 19.7. The summed E-state index contributed by atoms with van der Waals surface area (Å²) in [6.45, 7) is 8.13.